The maximum absolute atomic E-state index is 10.2. The van der Waals surface area contributed by atoms with Gasteiger partial charge >= 0.3 is 0 Å². The number of hydrogen-bond acceptors (Lipinski definition) is 2. The molecule has 2 rings (SSSR count). The lowest BCUT2D eigenvalue weighted by Crippen LogP contribution is -2.37. The van der Waals surface area contributed by atoms with Gasteiger partial charge in [-0.3, -0.25) is 0 Å². The maximum atomic E-state index is 10.2. The first kappa shape index (κ1) is 11.6. The first-order chi connectivity index (χ1) is 7.70. The van der Waals surface area contributed by atoms with E-state index in [1.165, 1.54) is 24.0 Å². The van der Waals surface area contributed by atoms with E-state index in [0.717, 1.165) is 25.9 Å². The van der Waals surface area contributed by atoms with Crippen molar-refractivity contribution in [1.29, 1.82) is 0 Å². The third-order valence-electron chi connectivity index (χ3n) is 3.57. The van der Waals surface area contributed by atoms with E-state index in [4.69, 9.17) is 0 Å². The first-order valence-electron chi connectivity index (χ1n) is 6.17. The van der Waals surface area contributed by atoms with Crippen LogP contribution in [0.1, 0.15) is 36.8 Å². The van der Waals surface area contributed by atoms with Gasteiger partial charge in [0.05, 0.1) is 5.60 Å². The molecule has 0 aliphatic heterocycles. The van der Waals surface area contributed by atoms with Crippen LogP contribution in [-0.4, -0.2) is 17.3 Å². The molecule has 0 saturated heterocycles. The van der Waals surface area contributed by atoms with E-state index < -0.39 is 5.60 Å². The molecule has 0 radical (unpaired) electrons. The van der Waals surface area contributed by atoms with Crippen LogP contribution in [0.3, 0.4) is 0 Å². The Kier molecular flexibility index (Phi) is 3.62. The van der Waals surface area contributed by atoms with Gasteiger partial charge in [0.2, 0.25) is 0 Å². The molecule has 1 aromatic carbocycles. The van der Waals surface area contributed by atoms with E-state index in [1.54, 1.807) is 0 Å². The third-order valence-corrected chi connectivity index (χ3v) is 3.57. The lowest BCUT2D eigenvalue weighted by atomic mass is 10.0. The number of rotatable bonds is 4. The monoisotopic (exact) mass is 219 g/mol. The molecular formula is C14H21NO. The Morgan fingerprint density at radius 2 is 1.94 bits per heavy atom. The van der Waals surface area contributed by atoms with Crippen molar-refractivity contribution in [2.24, 2.45) is 0 Å². The molecule has 1 aliphatic rings. The molecule has 0 aromatic heterocycles. The van der Waals surface area contributed by atoms with Crippen LogP contribution in [0.5, 0.6) is 0 Å². The molecule has 1 saturated carbocycles. The predicted octanol–water partition coefficient (Wildman–Crippen LogP) is 2.39. The fourth-order valence-electron chi connectivity index (χ4n) is 2.45. The van der Waals surface area contributed by atoms with Crippen molar-refractivity contribution in [2.45, 2.75) is 44.8 Å². The van der Waals surface area contributed by atoms with Crippen molar-refractivity contribution in [3.05, 3.63) is 35.4 Å². The van der Waals surface area contributed by atoms with Crippen LogP contribution in [0.15, 0.2) is 24.3 Å². The number of aliphatic hydroxyl groups is 1. The summed E-state index contributed by atoms with van der Waals surface area (Å²) in [4.78, 5) is 0. The lowest BCUT2D eigenvalue weighted by Gasteiger charge is -2.22. The topological polar surface area (TPSA) is 32.3 Å². The van der Waals surface area contributed by atoms with E-state index in [0.29, 0.717) is 0 Å². The fourth-order valence-corrected chi connectivity index (χ4v) is 2.45. The number of aryl methyl sites for hydroxylation is 1. The van der Waals surface area contributed by atoms with Crippen molar-refractivity contribution < 1.29 is 5.11 Å². The van der Waals surface area contributed by atoms with Crippen molar-refractivity contribution in [3.8, 4) is 0 Å². The van der Waals surface area contributed by atoms with Crippen LogP contribution >= 0.6 is 0 Å². The highest BCUT2D eigenvalue weighted by molar-refractivity contribution is 5.25. The van der Waals surface area contributed by atoms with E-state index in [-0.39, 0.29) is 0 Å². The van der Waals surface area contributed by atoms with Gasteiger partial charge < -0.3 is 10.4 Å². The molecule has 2 nitrogen and oxygen atoms in total. The zero-order valence-corrected chi connectivity index (χ0v) is 10.00. The molecule has 0 bridgehead atoms. The van der Waals surface area contributed by atoms with Gasteiger partial charge in [-0.05, 0) is 30.9 Å². The number of hydrogen-bond donors (Lipinski definition) is 2. The Balaban J connectivity index is 1.82. The smallest absolute Gasteiger partial charge is 0.0771 e. The second kappa shape index (κ2) is 4.98. The quantitative estimate of drug-likeness (QED) is 0.815. The van der Waals surface area contributed by atoms with Gasteiger partial charge in [0.1, 0.15) is 0 Å². The Morgan fingerprint density at radius 1 is 1.25 bits per heavy atom. The van der Waals surface area contributed by atoms with Gasteiger partial charge in [-0.25, -0.2) is 0 Å². The molecular weight excluding hydrogens is 198 g/mol. The average molecular weight is 219 g/mol. The second-order valence-electron chi connectivity index (χ2n) is 4.96. The van der Waals surface area contributed by atoms with Gasteiger partial charge in [0, 0.05) is 13.1 Å². The average Bonchev–Trinajstić information content (AvgIpc) is 2.68. The van der Waals surface area contributed by atoms with Gasteiger partial charge in [0.15, 0.2) is 0 Å². The molecule has 1 fully saturated rings. The Bertz CT molecular complexity index is 342. The van der Waals surface area contributed by atoms with Crippen molar-refractivity contribution in [2.75, 3.05) is 6.54 Å². The minimum absolute atomic E-state index is 0.442. The highest BCUT2D eigenvalue weighted by Gasteiger charge is 2.30. The summed E-state index contributed by atoms with van der Waals surface area (Å²) in [5, 5.41) is 13.6. The van der Waals surface area contributed by atoms with Crippen molar-refractivity contribution in [3.63, 3.8) is 0 Å². The molecule has 2 N–H and O–H groups in total. The molecule has 1 aromatic rings. The standard InChI is InChI=1S/C14H21NO/c1-12-6-2-3-7-13(12)10-15-11-14(16)8-4-5-9-14/h2-3,6-7,15-16H,4-5,8-11H2,1H3. The van der Waals surface area contributed by atoms with Crippen LogP contribution in [0.2, 0.25) is 0 Å². The maximum Gasteiger partial charge on any atom is 0.0771 e. The fraction of sp³-hybridized carbons (Fsp3) is 0.571. The highest BCUT2D eigenvalue weighted by Crippen LogP contribution is 2.28. The molecule has 0 unspecified atom stereocenters. The Hall–Kier alpha value is -0.860. The molecule has 16 heavy (non-hydrogen) atoms. The summed E-state index contributed by atoms with van der Waals surface area (Å²) >= 11 is 0. The van der Waals surface area contributed by atoms with Crippen LogP contribution < -0.4 is 5.32 Å². The minimum Gasteiger partial charge on any atom is -0.389 e. The van der Waals surface area contributed by atoms with Crippen molar-refractivity contribution >= 4 is 0 Å². The predicted molar refractivity (Wildman–Crippen MR) is 66.3 cm³/mol. The Morgan fingerprint density at radius 3 is 2.62 bits per heavy atom. The first-order valence-corrected chi connectivity index (χ1v) is 6.17. The van der Waals surface area contributed by atoms with Gasteiger partial charge in [-0.15, -0.1) is 0 Å². The molecule has 0 atom stereocenters. The molecule has 0 amide bonds. The minimum atomic E-state index is -0.442. The summed E-state index contributed by atoms with van der Waals surface area (Å²) in [6.07, 6.45) is 4.24. The van der Waals surface area contributed by atoms with Crippen LogP contribution in [0.4, 0.5) is 0 Å². The second-order valence-corrected chi connectivity index (χ2v) is 4.96. The van der Waals surface area contributed by atoms with Crippen LogP contribution in [0, 0.1) is 6.92 Å². The largest absolute Gasteiger partial charge is 0.389 e. The van der Waals surface area contributed by atoms with E-state index in [2.05, 4.69) is 36.5 Å². The summed E-state index contributed by atoms with van der Waals surface area (Å²) in [6, 6.07) is 8.39. The van der Waals surface area contributed by atoms with Gasteiger partial charge in [-0.1, -0.05) is 37.1 Å². The normalized spacial score (nSPS) is 18.9. The van der Waals surface area contributed by atoms with Crippen molar-refractivity contribution in [1.82, 2.24) is 5.32 Å². The summed E-state index contributed by atoms with van der Waals surface area (Å²) in [5.41, 5.74) is 2.19. The molecule has 1 aliphatic carbocycles. The van der Waals surface area contributed by atoms with Gasteiger partial charge in [0.25, 0.3) is 0 Å². The lowest BCUT2D eigenvalue weighted by molar-refractivity contribution is 0.0474. The summed E-state index contributed by atoms with van der Waals surface area (Å²) in [7, 11) is 0. The zero-order valence-electron chi connectivity index (χ0n) is 10.00. The molecule has 0 spiro atoms. The Labute approximate surface area is 97.7 Å². The third kappa shape index (κ3) is 2.83. The summed E-state index contributed by atoms with van der Waals surface area (Å²) in [5.74, 6) is 0. The summed E-state index contributed by atoms with van der Waals surface area (Å²) < 4.78 is 0. The van der Waals surface area contributed by atoms with E-state index in [9.17, 15) is 5.11 Å². The molecule has 0 heterocycles. The molecule has 88 valence electrons. The van der Waals surface area contributed by atoms with E-state index in [1.807, 2.05) is 0 Å². The van der Waals surface area contributed by atoms with Crippen LogP contribution in [-0.2, 0) is 6.54 Å². The summed E-state index contributed by atoms with van der Waals surface area (Å²) in [6.45, 7) is 3.71. The molecule has 2 heteroatoms. The van der Waals surface area contributed by atoms with E-state index >= 15 is 0 Å². The SMILES string of the molecule is Cc1ccccc1CNCC1(O)CCCC1. The number of benzene rings is 1. The van der Waals surface area contributed by atoms with Gasteiger partial charge in [-0.2, -0.15) is 0 Å². The van der Waals surface area contributed by atoms with Crippen LogP contribution in [0.25, 0.3) is 0 Å². The zero-order chi connectivity index (χ0) is 11.4. The highest BCUT2D eigenvalue weighted by atomic mass is 16.3. The number of nitrogens with one attached hydrogen (secondary N) is 1.